The predicted octanol–water partition coefficient (Wildman–Crippen LogP) is 3.63. The standard InChI is InChI=1S/C22H26N2O4/c1-27-20-19(11-6-12-23-20)22(26)13-17-9-5-10-18(14-22)24(17)21(25)28-15-16-7-3-2-4-8-16/h2-4,6-8,11-12,17-18,26H,5,9-10,13-15H2,1H3. The average molecular weight is 382 g/mol. The van der Waals surface area contributed by atoms with Crippen molar-refractivity contribution in [3.8, 4) is 5.88 Å². The van der Waals surface area contributed by atoms with Crippen LogP contribution in [0.3, 0.4) is 0 Å². The number of hydrogen-bond acceptors (Lipinski definition) is 5. The first-order chi connectivity index (χ1) is 13.6. The Kier molecular flexibility index (Phi) is 5.22. The molecule has 0 saturated carbocycles. The number of rotatable bonds is 4. The van der Waals surface area contributed by atoms with Crippen molar-refractivity contribution in [1.29, 1.82) is 0 Å². The van der Waals surface area contributed by atoms with Crippen LogP contribution in [0.5, 0.6) is 5.88 Å². The van der Waals surface area contributed by atoms with E-state index in [0.29, 0.717) is 24.3 Å². The summed E-state index contributed by atoms with van der Waals surface area (Å²) in [6.07, 6.45) is 5.07. The number of hydrogen-bond donors (Lipinski definition) is 1. The summed E-state index contributed by atoms with van der Waals surface area (Å²) in [5.74, 6) is 0.447. The second kappa shape index (κ2) is 7.80. The number of nitrogens with zero attached hydrogens (tertiary/aromatic N) is 2. The Labute approximate surface area is 165 Å². The van der Waals surface area contributed by atoms with Gasteiger partial charge in [-0.05, 0) is 37.0 Å². The van der Waals surface area contributed by atoms with Gasteiger partial charge in [0.1, 0.15) is 6.61 Å². The number of aliphatic hydroxyl groups is 1. The normalized spacial score (nSPS) is 26.6. The highest BCUT2D eigenvalue weighted by atomic mass is 16.6. The van der Waals surface area contributed by atoms with E-state index < -0.39 is 5.60 Å². The first kappa shape index (κ1) is 18.7. The number of methoxy groups -OCH3 is 1. The largest absolute Gasteiger partial charge is 0.481 e. The smallest absolute Gasteiger partial charge is 0.410 e. The van der Waals surface area contributed by atoms with Crippen LogP contribution in [0, 0.1) is 0 Å². The molecule has 148 valence electrons. The molecule has 2 aromatic rings. The van der Waals surface area contributed by atoms with Crippen LogP contribution in [0.15, 0.2) is 48.7 Å². The summed E-state index contributed by atoms with van der Waals surface area (Å²) in [4.78, 5) is 18.9. The molecular weight excluding hydrogens is 356 g/mol. The van der Waals surface area contributed by atoms with E-state index in [-0.39, 0.29) is 24.8 Å². The Morgan fingerprint density at radius 1 is 1.18 bits per heavy atom. The van der Waals surface area contributed by atoms with Gasteiger partial charge in [0.15, 0.2) is 0 Å². The third kappa shape index (κ3) is 3.56. The molecule has 1 aromatic heterocycles. The van der Waals surface area contributed by atoms with Gasteiger partial charge in [0.25, 0.3) is 0 Å². The molecule has 2 fully saturated rings. The van der Waals surface area contributed by atoms with Crippen molar-refractivity contribution in [2.24, 2.45) is 0 Å². The van der Waals surface area contributed by atoms with Gasteiger partial charge in [-0.3, -0.25) is 0 Å². The summed E-state index contributed by atoms with van der Waals surface area (Å²) in [6, 6.07) is 13.3. The Morgan fingerprint density at radius 2 is 1.89 bits per heavy atom. The molecular formula is C22H26N2O4. The topological polar surface area (TPSA) is 71.9 Å². The van der Waals surface area contributed by atoms with Crippen LogP contribution in [0.4, 0.5) is 4.79 Å². The maximum Gasteiger partial charge on any atom is 0.410 e. The van der Waals surface area contributed by atoms with Crippen molar-refractivity contribution in [2.75, 3.05) is 7.11 Å². The van der Waals surface area contributed by atoms with E-state index in [4.69, 9.17) is 9.47 Å². The number of aromatic nitrogens is 1. The van der Waals surface area contributed by atoms with Gasteiger partial charge in [-0.25, -0.2) is 9.78 Å². The first-order valence-electron chi connectivity index (χ1n) is 9.81. The second-order valence-electron chi connectivity index (χ2n) is 7.69. The number of pyridine rings is 1. The summed E-state index contributed by atoms with van der Waals surface area (Å²) >= 11 is 0. The molecule has 0 spiro atoms. The fourth-order valence-electron chi connectivity index (χ4n) is 4.65. The molecule has 6 nitrogen and oxygen atoms in total. The zero-order valence-electron chi connectivity index (χ0n) is 16.1. The Bertz CT molecular complexity index is 812. The molecule has 6 heteroatoms. The fraction of sp³-hybridized carbons (Fsp3) is 0.455. The highest BCUT2D eigenvalue weighted by Gasteiger charge is 2.49. The molecule has 2 bridgehead atoms. The number of ether oxygens (including phenoxy) is 2. The summed E-state index contributed by atoms with van der Waals surface area (Å²) in [5.41, 5.74) is 0.618. The summed E-state index contributed by atoms with van der Waals surface area (Å²) in [7, 11) is 1.56. The van der Waals surface area contributed by atoms with Crippen LogP contribution < -0.4 is 4.74 Å². The SMILES string of the molecule is COc1ncccc1C1(O)CC2CCCC(C1)N2C(=O)OCc1ccccc1. The van der Waals surface area contributed by atoms with Crippen LogP contribution in [-0.2, 0) is 16.9 Å². The van der Waals surface area contributed by atoms with Gasteiger partial charge in [-0.2, -0.15) is 0 Å². The molecule has 0 radical (unpaired) electrons. The third-order valence-electron chi connectivity index (χ3n) is 5.89. The molecule has 2 unspecified atom stereocenters. The van der Waals surface area contributed by atoms with Crippen molar-refractivity contribution in [2.45, 2.75) is 56.4 Å². The zero-order valence-corrected chi connectivity index (χ0v) is 16.1. The van der Waals surface area contributed by atoms with Gasteiger partial charge in [-0.15, -0.1) is 0 Å². The minimum Gasteiger partial charge on any atom is -0.481 e. The lowest BCUT2D eigenvalue weighted by Crippen LogP contribution is -2.59. The number of piperidine rings is 2. The van der Waals surface area contributed by atoms with E-state index in [1.165, 1.54) is 0 Å². The van der Waals surface area contributed by atoms with Gasteiger partial charge >= 0.3 is 6.09 Å². The van der Waals surface area contributed by atoms with Crippen LogP contribution in [0.2, 0.25) is 0 Å². The van der Waals surface area contributed by atoms with Gasteiger partial charge in [0.2, 0.25) is 5.88 Å². The summed E-state index contributed by atoms with van der Waals surface area (Å²) in [5, 5.41) is 11.5. The first-order valence-corrected chi connectivity index (χ1v) is 9.81. The minimum atomic E-state index is -1.05. The van der Waals surface area contributed by atoms with Crippen molar-refractivity contribution < 1.29 is 19.4 Å². The monoisotopic (exact) mass is 382 g/mol. The number of carbonyl (C=O) groups excluding carboxylic acids is 1. The molecule has 2 aliphatic heterocycles. The van der Waals surface area contributed by atoms with Gasteiger partial charge in [0.05, 0.1) is 12.7 Å². The van der Waals surface area contributed by atoms with Crippen molar-refractivity contribution in [3.05, 3.63) is 59.8 Å². The van der Waals surface area contributed by atoms with Gasteiger partial charge in [0, 0.05) is 36.7 Å². The van der Waals surface area contributed by atoms with E-state index >= 15 is 0 Å². The molecule has 1 N–H and O–H groups in total. The van der Waals surface area contributed by atoms with E-state index in [2.05, 4.69) is 4.98 Å². The van der Waals surface area contributed by atoms with Crippen LogP contribution >= 0.6 is 0 Å². The maximum atomic E-state index is 12.8. The number of fused-ring (bicyclic) bond motifs is 2. The van der Waals surface area contributed by atoms with Crippen LogP contribution in [-0.4, -0.2) is 40.3 Å². The molecule has 2 atom stereocenters. The summed E-state index contributed by atoms with van der Waals surface area (Å²) in [6.45, 7) is 0.260. The molecule has 1 aromatic carbocycles. The van der Waals surface area contributed by atoms with E-state index in [1.54, 1.807) is 13.3 Å². The molecule has 28 heavy (non-hydrogen) atoms. The number of carbonyl (C=O) groups is 1. The number of benzene rings is 1. The second-order valence-corrected chi connectivity index (χ2v) is 7.69. The van der Waals surface area contributed by atoms with Crippen LogP contribution in [0.1, 0.15) is 43.2 Å². The molecule has 3 heterocycles. The van der Waals surface area contributed by atoms with E-state index in [1.807, 2.05) is 47.4 Å². The molecule has 2 saturated heterocycles. The molecule has 4 rings (SSSR count). The Morgan fingerprint density at radius 3 is 2.57 bits per heavy atom. The van der Waals surface area contributed by atoms with E-state index in [9.17, 15) is 9.90 Å². The van der Waals surface area contributed by atoms with Crippen molar-refractivity contribution in [1.82, 2.24) is 9.88 Å². The molecule has 0 aliphatic carbocycles. The lowest BCUT2D eigenvalue weighted by Gasteiger charge is -2.51. The quantitative estimate of drug-likeness (QED) is 0.874. The van der Waals surface area contributed by atoms with Crippen LogP contribution in [0.25, 0.3) is 0 Å². The van der Waals surface area contributed by atoms with E-state index in [0.717, 1.165) is 24.8 Å². The predicted molar refractivity (Wildman–Crippen MR) is 104 cm³/mol. The Hall–Kier alpha value is -2.60. The third-order valence-corrected chi connectivity index (χ3v) is 5.89. The average Bonchev–Trinajstić information content (AvgIpc) is 2.72. The zero-order chi connectivity index (χ0) is 19.6. The number of amides is 1. The maximum absolute atomic E-state index is 12.8. The lowest BCUT2D eigenvalue weighted by atomic mass is 9.73. The highest BCUT2D eigenvalue weighted by Crippen LogP contribution is 2.46. The Balaban J connectivity index is 1.51. The van der Waals surface area contributed by atoms with Gasteiger partial charge < -0.3 is 19.5 Å². The highest BCUT2D eigenvalue weighted by molar-refractivity contribution is 5.69. The van der Waals surface area contributed by atoms with Crippen molar-refractivity contribution >= 4 is 6.09 Å². The lowest BCUT2D eigenvalue weighted by molar-refractivity contribution is -0.0906. The molecule has 1 amide bonds. The fourth-order valence-corrected chi connectivity index (χ4v) is 4.65. The molecule has 2 aliphatic rings. The van der Waals surface area contributed by atoms with Gasteiger partial charge in [-0.1, -0.05) is 30.3 Å². The minimum absolute atomic E-state index is 0.0503. The summed E-state index contributed by atoms with van der Waals surface area (Å²) < 4.78 is 11.0. The van der Waals surface area contributed by atoms with Crippen molar-refractivity contribution in [3.63, 3.8) is 0 Å².